The van der Waals surface area contributed by atoms with E-state index in [0.29, 0.717) is 12.5 Å². The standard InChI is InChI=1S/C12H19N5OS/c1-8(2)4-10-5-9(16-18-10)7-19-12-15-14-11(6-13)17(12)3/h5,8H,4,6-7,13H2,1-3H3. The van der Waals surface area contributed by atoms with Gasteiger partial charge in [0, 0.05) is 25.3 Å². The molecule has 2 heterocycles. The van der Waals surface area contributed by atoms with Crippen molar-refractivity contribution in [3.05, 3.63) is 23.3 Å². The van der Waals surface area contributed by atoms with Crippen LogP contribution in [0.1, 0.15) is 31.1 Å². The van der Waals surface area contributed by atoms with E-state index in [0.717, 1.165) is 34.6 Å². The monoisotopic (exact) mass is 281 g/mol. The molecule has 0 spiro atoms. The summed E-state index contributed by atoms with van der Waals surface area (Å²) in [5.74, 6) is 3.01. The molecule has 2 aromatic heterocycles. The van der Waals surface area contributed by atoms with Crippen LogP contribution in [0.25, 0.3) is 0 Å². The molecule has 6 nitrogen and oxygen atoms in total. The first-order chi connectivity index (χ1) is 9.10. The van der Waals surface area contributed by atoms with Crippen LogP contribution in [0, 0.1) is 5.92 Å². The molecule has 0 fully saturated rings. The number of aromatic nitrogens is 4. The molecule has 104 valence electrons. The van der Waals surface area contributed by atoms with E-state index in [-0.39, 0.29) is 0 Å². The van der Waals surface area contributed by atoms with E-state index in [1.165, 1.54) is 0 Å². The summed E-state index contributed by atoms with van der Waals surface area (Å²) in [4.78, 5) is 0. The molecule has 0 saturated carbocycles. The van der Waals surface area contributed by atoms with Crippen molar-refractivity contribution in [1.29, 1.82) is 0 Å². The van der Waals surface area contributed by atoms with Gasteiger partial charge in [-0.15, -0.1) is 10.2 Å². The number of nitrogens with zero attached hydrogens (tertiary/aromatic N) is 4. The summed E-state index contributed by atoms with van der Waals surface area (Å²) in [6.45, 7) is 4.71. The Balaban J connectivity index is 1.94. The van der Waals surface area contributed by atoms with Gasteiger partial charge in [0.15, 0.2) is 5.16 Å². The molecule has 0 aliphatic heterocycles. The molecule has 2 aromatic rings. The molecule has 0 aliphatic rings. The molecule has 0 aromatic carbocycles. The second kappa shape index (κ2) is 6.21. The lowest BCUT2D eigenvalue weighted by Gasteiger charge is -2.00. The highest BCUT2D eigenvalue weighted by atomic mass is 32.2. The molecule has 0 saturated heterocycles. The Morgan fingerprint density at radius 2 is 2.21 bits per heavy atom. The van der Waals surface area contributed by atoms with Gasteiger partial charge in [0.1, 0.15) is 11.6 Å². The molecule has 7 heteroatoms. The molecule has 0 bridgehead atoms. The van der Waals surface area contributed by atoms with Gasteiger partial charge in [0.25, 0.3) is 0 Å². The van der Waals surface area contributed by atoms with Crippen molar-refractivity contribution in [3.63, 3.8) is 0 Å². The summed E-state index contributed by atoms with van der Waals surface area (Å²) in [6, 6.07) is 2.01. The summed E-state index contributed by atoms with van der Waals surface area (Å²) in [5.41, 5.74) is 6.49. The zero-order valence-electron chi connectivity index (χ0n) is 11.5. The van der Waals surface area contributed by atoms with Gasteiger partial charge in [0.05, 0.1) is 12.2 Å². The molecule has 0 radical (unpaired) electrons. The van der Waals surface area contributed by atoms with E-state index in [9.17, 15) is 0 Å². The Morgan fingerprint density at radius 3 is 2.84 bits per heavy atom. The summed E-state index contributed by atoms with van der Waals surface area (Å²) in [7, 11) is 1.91. The molecule has 2 rings (SSSR count). The molecular formula is C12H19N5OS. The first-order valence-corrected chi connectivity index (χ1v) is 7.24. The SMILES string of the molecule is CC(C)Cc1cc(CSc2nnc(CN)n2C)no1. The minimum absolute atomic E-state index is 0.395. The van der Waals surface area contributed by atoms with Crippen molar-refractivity contribution in [1.82, 2.24) is 19.9 Å². The third kappa shape index (κ3) is 3.57. The molecule has 0 atom stereocenters. The predicted octanol–water partition coefficient (Wildman–Crippen LogP) is 1.75. The minimum atomic E-state index is 0.395. The van der Waals surface area contributed by atoms with Crippen molar-refractivity contribution >= 4 is 11.8 Å². The Labute approximate surface area is 116 Å². The zero-order valence-corrected chi connectivity index (χ0v) is 12.3. The van der Waals surface area contributed by atoms with E-state index in [4.69, 9.17) is 10.3 Å². The predicted molar refractivity (Wildman–Crippen MR) is 73.5 cm³/mol. The Hall–Kier alpha value is -1.34. The molecule has 0 unspecified atom stereocenters. The summed E-state index contributed by atoms with van der Waals surface area (Å²) in [5, 5.41) is 13.0. The first kappa shape index (κ1) is 14.1. The zero-order chi connectivity index (χ0) is 13.8. The van der Waals surface area contributed by atoms with Crippen LogP contribution in [-0.4, -0.2) is 19.9 Å². The highest BCUT2D eigenvalue weighted by Crippen LogP contribution is 2.21. The molecule has 0 amide bonds. The third-order valence-electron chi connectivity index (χ3n) is 2.67. The van der Waals surface area contributed by atoms with Crippen LogP contribution < -0.4 is 5.73 Å². The summed E-state index contributed by atoms with van der Waals surface area (Å²) < 4.78 is 7.20. The average molecular weight is 281 g/mol. The fourth-order valence-corrected chi connectivity index (χ4v) is 2.52. The molecule has 0 aliphatic carbocycles. The summed E-state index contributed by atoms with van der Waals surface area (Å²) >= 11 is 1.58. The number of rotatable bonds is 6. The fourth-order valence-electron chi connectivity index (χ4n) is 1.71. The Morgan fingerprint density at radius 1 is 1.42 bits per heavy atom. The van der Waals surface area contributed by atoms with Gasteiger partial charge in [-0.3, -0.25) is 0 Å². The van der Waals surface area contributed by atoms with Crippen LogP contribution >= 0.6 is 11.8 Å². The van der Waals surface area contributed by atoms with Crippen molar-refractivity contribution in [2.45, 2.75) is 37.7 Å². The summed E-state index contributed by atoms with van der Waals surface area (Å²) in [6.07, 6.45) is 0.916. The number of nitrogens with two attached hydrogens (primary N) is 1. The van der Waals surface area contributed by atoms with Gasteiger partial charge >= 0.3 is 0 Å². The lowest BCUT2D eigenvalue weighted by atomic mass is 10.1. The van der Waals surface area contributed by atoms with Gasteiger partial charge in [-0.25, -0.2) is 0 Å². The minimum Gasteiger partial charge on any atom is -0.361 e. The molecular weight excluding hydrogens is 262 g/mol. The second-order valence-electron chi connectivity index (χ2n) is 4.83. The van der Waals surface area contributed by atoms with Crippen molar-refractivity contribution in [2.24, 2.45) is 18.7 Å². The maximum atomic E-state index is 5.56. The van der Waals surface area contributed by atoms with E-state index < -0.39 is 0 Å². The van der Waals surface area contributed by atoms with Crippen molar-refractivity contribution in [3.8, 4) is 0 Å². The highest BCUT2D eigenvalue weighted by molar-refractivity contribution is 7.98. The van der Waals surface area contributed by atoms with Crippen molar-refractivity contribution in [2.75, 3.05) is 0 Å². The van der Waals surface area contributed by atoms with Gasteiger partial charge in [-0.05, 0) is 5.92 Å². The van der Waals surface area contributed by atoms with E-state index in [2.05, 4.69) is 29.2 Å². The van der Waals surface area contributed by atoms with Gasteiger partial charge < -0.3 is 14.8 Å². The van der Waals surface area contributed by atoms with Crippen LogP contribution in [0.3, 0.4) is 0 Å². The van der Waals surface area contributed by atoms with Crippen molar-refractivity contribution < 1.29 is 4.52 Å². The Bertz CT molecular complexity index is 534. The first-order valence-electron chi connectivity index (χ1n) is 6.25. The second-order valence-corrected chi connectivity index (χ2v) is 5.78. The fraction of sp³-hybridized carbons (Fsp3) is 0.583. The number of hydrogen-bond donors (Lipinski definition) is 1. The van der Waals surface area contributed by atoms with E-state index in [1.54, 1.807) is 11.8 Å². The van der Waals surface area contributed by atoms with Crippen LogP contribution in [0.2, 0.25) is 0 Å². The lowest BCUT2D eigenvalue weighted by molar-refractivity contribution is 0.365. The van der Waals surface area contributed by atoms with E-state index >= 15 is 0 Å². The average Bonchev–Trinajstić information content (AvgIpc) is 2.93. The van der Waals surface area contributed by atoms with E-state index in [1.807, 2.05) is 17.7 Å². The molecule has 19 heavy (non-hydrogen) atoms. The molecule has 2 N–H and O–H groups in total. The lowest BCUT2D eigenvalue weighted by Crippen LogP contribution is -2.05. The maximum absolute atomic E-state index is 5.56. The Kier molecular flexibility index (Phi) is 4.60. The van der Waals surface area contributed by atoms with Gasteiger partial charge in [-0.2, -0.15) is 0 Å². The third-order valence-corrected chi connectivity index (χ3v) is 3.73. The normalized spacial score (nSPS) is 11.4. The smallest absolute Gasteiger partial charge is 0.191 e. The number of hydrogen-bond acceptors (Lipinski definition) is 6. The van der Waals surface area contributed by atoms with Crippen LogP contribution in [0.15, 0.2) is 15.7 Å². The quantitative estimate of drug-likeness (QED) is 0.812. The highest BCUT2D eigenvalue weighted by Gasteiger charge is 2.10. The topological polar surface area (TPSA) is 82.8 Å². The van der Waals surface area contributed by atoms with Gasteiger partial charge in [-0.1, -0.05) is 30.8 Å². The van der Waals surface area contributed by atoms with Crippen LogP contribution in [0.4, 0.5) is 0 Å². The van der Waals surface area contributed by atoms with Gasteiger partial charge in [0.2, 0.25) is 0 Å². The largest absolute Gasteiger partial charge is 0.361 e. The number of thioether (sulfide) groups is 1. The van der Waals surface area contributed by atoms with Crippen LogP contribution in [-0.2, 0) is 25.8 Å². The van der Waals surface area contributed by atoms with Crippen LogP contribution in [0.5, 0.6) is 0 Å². The maximum Gasteiger partial charge on any atom is 0.191 e.